The molecule has 0 spiro atoms. The molecule has 1 aromatic rings. The van der Waals surface area contributed by atoms with E-state index in [1.165, 1.54) is 6.07 Å². The van der Waals surface area contributed by atoms with E-state index in [1.807, 2.05) is 0 Å². The lowest BCUT2D eigenvalue weighted by Gasteiger charge is -2.15. The second-order valence-corrected chi connectivity index (χ2v) is 6.67. The van der Waals surface area contributed by atoms with E-state index in [4.69, 9.17) is 0 Å². The first kappa shape index (κ1) is 15.0. The largest absolute Gasteiger partial charge is 0.416 e. The van der Waals surface area contributed by atoms with Crippen LogP contribution in [0, 0.1) is 5.92 Å². The molecular formula is C13H11Br2F3O. The molecule has 6 heteroatoms. The van der Waals surface area contributed by atoms with Crippen LogP contribution in [-0.2, 0) is 17.4 Å². The Morgan fingerprint density at radius 1 is 1.37 bits per heavy atom. The summed E-state index contributed by atoms with van der Waals surface area (Å²) in [5.41, 5.74) is -0.540. The normalized spacial score (nSPS) is 17.3. The quantitative estimate of drug-likeness (QED) is 0.667. The van der Waals surface area contributed by atoms with Crippen molar-refractivity contribution in [1.82, 2.24) is 0 Å². The van der Waals surface area contributed by atoms with Gasteiger partial charge >= 0.3 is 6.18 Å². The number of rotatable bonds is 4. The Balaban J connectivity index is 2.21. The average molecular weight is 400 g/mol. The van der Waals surface area contributed by atoms with Crippen molar-refractivity contribution in [3.8, 4) is 0 Å². The molecule has 104 valence electrons. The van der Waals surface area contributed by atoms with Crippen molar-refractivity contribution in [3.63, 3.8) is 0 Å². The van der Waals surface area contributed by atoms with Crippen LogP contribution in [0.5, 0.6) is 0 Å². The third-order valence-electron chi connectivity index (χ3n) is 3.06. The molecule has 1 nitrogen and oxygen atoms in total. The van der Waals surface area contributed by atoms with E-state index >= 15 is 0 Å². The van der Waals surface area contributed by atoms with Gasteiger partial charge in [-0.3, -0.25) is 4.79 Å². The molecule has 0 aliphatic heterocycles. The van der Waals surface area contributed by atoms with Gasteiger partial charge in [-0.15, -0.1) is 0 Å². The third kappa shape index (κ3) is 3.81. The van der Waals surface area contributed by atoms with Gasteiger partial charge in [-0.25, -0.2) is 0 Å². The molecule has 1 aliphatic carbocycles. The Kier molecular flexibility index (Phi) is 4.40. The summed E-state index contributed by atoms with van der Waals surface area (Å²) in [6, 6.07) is 4.03. The summed E-state index contributed by atoms with van der Waals surface area (Å²) in [6.07, 6.45) is -2.63. The Morgan fingerprint density at radius 2 is 2.00 bits per heavy atom. The Hall–Kier alpha value is -0.360. The first-order valence-corrected chi connectivity index (χ1v) is 7.53. The topological polar surface area (TPSA) is 17.1 Å². The fraction of sp³-hybridized carbons (Fsp3) is 0.462. The number of benzene rings is 1. The van der Waals surface area contributed by atoms with Crippen LogP contribution in [0.4, 0.5) is 13.2 Å². The maximum absolute atomic E-state index is 12.9. The van der Waals surface area contributed by atoms with Gasteiger partial charge in [-0.1, -0.05) is 37.9 Å². The zero-order chi connectivity index (χ0) is 14.2. The van der Waals surface area contributed by atoms with Crippen molar-refractivity contribution in [2.75, 3.05) is 0 Å². The minimum absolute atomic E-state index is 0.0102. The van der Waals surface area contributed by atoms with Crippen LogP contribution in [-0.4, -0.2) is 10.6 Å². The number of halogens is 5. The number of Topliss-reactive ketones (excluding diaryl/α,β-unsaturated/α-hetero) is 1. The summed E-state index contributed by atoms with van der Waals surface area (Å²) in [5, 5.41) is 0. The van der Waals surface area contributed by atoms with Crippen molar-refractivity contribution in [3.05, 3.63) is 33.8 Å². The highest BCUT2D eigenvalue weighted by Crippen LogP contribution is 2.37. The second kappa shape index (κ2) is 5.56. The summed E-state index contributed by atoms with van der Waals surface area (Å²) >= 11 is 6.25. The van der Waals surface area contributed by atoms with Crippen LogP contribution < -0.4 is 0 Å². The molecule has 1 atom stereocenters. The molecule has 1 aliphatic rings. The summed E-state index contributed by atoms with van der Waals surface area (Å²) in [6.45, 7) is 0. The molecule has 1 unspecified atom stereocenters. The Morgan fingerprint density at radius 3 is 2.53 bits per heavy atom. The number of carbonyl (C=O) groups is 1. The molecule has 0 amide bonds. The van der Waals surface area contributed by atoms with Crippen molar-refractivity contribution >= 4 is 37.6 Å². The smallest absolute Gasteiger partial charge is 0.298 e. The van der Waals surface area contributed by atoms with Gasteiger partial charge < -0.3 is 0 Å². The zero-order valence-corrected chi connectivity index (χ0v) is 13.0. The summed E-state index contributed by atoms with van der Waals surface area (Å²) in [5.74, 6) is 0.0465. The highest BCUT2D eigenvalue weighted by atomic mass is 79.9. The van der Waals surface area contributed by atoms with Gasteiger partial charge in [0.25, 0.3) is 0 Å². The highest BCUT2D eigenvalue weighted by molar-refractivity contribution is 9.10. The van der Waals surface area contributed by atoms with Gasteiger partial charge in [0.05, 0.1) is 10.4 Å². The van der Waals surface area contributed by atoms with Gasteiger partial charge in [-0.2, -0.15) is 13.2 Å². The van der Waals surface area contributed by atoms with E-state index in [-0.39, 0.29) is 23.7 Å². The molecule has 0 bridgehead atoms. The van der Waals surface area contributed by atoms with E-state index in [0.29, 0.717) is 4.47 Å². The monoisotopic (exact) mass is 398 g/mol. The Bertz CT molecular complexity index is 495. The standard InChI is InChI=1S/C13H11Br2F3O/c14-9-4-3-8(10(6-9)13(16,17)18)5-11(15)12(19)7-1-2-7/h3-4,6-7,11H,1-2,5H2. The number of hydrogen-bond donors (Lipinski definition) is 0. The third-order valence-corrected chi connectivity index (χ3v) is 4.33. The highest BCUT2D eigenvalue weighted by Gasteiger charge is 2.37. The maximum Gasteiger partial charge on any atom is 0.416 e. The molecule has 1 saturated carbocycles. The SMILES string of the molecule is O=C(C(Br)Cc1ccc(Br)cc1C(F)(F)F)C1CC1. The lowest BCUT2D eigenvalue weighted by atomic mass is 10.00. The molecule has 1 fully saturated rings. The van der Waals surface area contributed by atoms with Crippen molar-refractivity contribution < 1.29 is 18.0 Å². The summed E-state index contributed by atoms with van der Waals surface area (Å²) in [4.78, 5) is 11.3. The minimum atomic E-state index is -4.41. The predicted molar refractivity (Wildman–Crippen MR) is 73.3 cm³/mol. The second-order valence-electron chi connectivity index (χ2n) is 4.65. The van der Waals surface area contributed by atoms with Crippen LogP contribution in [0.3, 0.4) is 0 Å². The van der Waals surface area contributed by atoms with Gasteiger partial charge in [0.15, 0.2) is 0 Å². The number of ketones is 1. The summed E-state index contributed by atoms with van der Waals surface area (Å²) in [7, 11) is 0. The van der Waals surface area contributed by atoms with Crippen LogP contribution in [0.2, 0.25) is 0 Å². The van der Waals surface area contributed by atoms with Gasteiger partial charge in [-0.05, 0) is 37.0 Å². The van der Waals surface area contributed by atoms with Crippen LogP contribution >= 0.6 is 31.9 Å². The van der Waals surface area contributed by atoms with Crippen molar-refractivity contribution in [2.45, 2.75) is 30.3 Å². The number of carbonyl (C=O) groups excluding carboxylic acids is 1. The molecule has 0 radical (unpaired) electrons. The first-order valence-electron chi connectivity index (χ1n) is 5.82. The number of alkyl halides is 4. The van der Waals surface area contributed by atoms with Crippen molar-refractivity contribution in [2.24, 2.45) is 5.92 Å². The molecular weight excluding hydrogens is 389 g/mol. The van der Waals surface area contributed by atoms with E-state index in [9.17, 15) is 18.0 Å². The molecule has 1 aromatic carbocycles. The molecule has 19 heavy (non-hydrogen) atoms. The predicted octanol–water partition coefficient (Wildman–Crippen LogP) is 4.75. The minimum Gasteiger partial charge on any atom is -0.298 e. The van der Waals surface area contributed by atoms with Crippen LogP contribution in [0.25, 0.3) is 0 Å². The van der Waals surface area contributed by atoms with E-state index in [2.05, 4.69) is 31.9 Å². The van der Waals surface area contributed by atoms with Gasteiger partial charge in [0, 0.05) is 10.4 Å². The average Bonchev–Trinajstić information content (AvgIpc) is 3.13. The fourth-order valence-corrected chi connectivity index (χ4v) is 2.99. The fourth-order valence-electron chi connectivity index (χ4n) is 1.91. The molecule has 2 rings (SSSR count). The number of hydrogen-bond acceptors (Lipinski definition) is 1. The zero-order valence-electron chi connectivity index (χ0n) is 9.81. The van der Waals surface area contributed by atoms with E-state index in [1.54, 1.807) is 6.07 Å². The molecule has 0 N–H and O–H groups in total. The van der Waals surface area contributed by atoms with Crippen LogP contribution in [0.15, 0.2) is 22.7 Å². The summed E-state index contributed by atoms with van der Waals surface area (Å²) < 4.78 is 39.2. The lowest BCUT2D eigenvalue weighted by molar-refractivity contribution is -0.138. The lowest BCUT2D eigenvalue weighted by Crippen LogP contribution is -2.20. The Labute approximate surface area is 125 Å². The van der Waals surface area contributed by atoms with E-state index in [0.717, 1.165) is 18.9 Å². The van der Waals surface area contributed by atoms with Gasteiger partial charge in [0.1, 0.15) is 5.78 Å². The van der Waals surface area contributed by atoms with Crippen LogP contribution in [0.1, 0.15) is 24.0 Å². The van der Waals surface area contributed by atoms with Gasteiger partial charge in [0.2, 0.25) is 0 Å². The molecule has 0 heterocycles. The molecule has 0 aromatic heterocycles. The van der Waals surface area contributed by atoms with E-state index < -0.39 is 16.6 Å². The molecule has 0 saturated heterocycles. The van der Waals surface area contributed by atoms with Crippen molar-refractivity contribution in [1.29, 1.82) is 0 Å². The maximum atomic E-state index is 12.9. The first-order chi connectivity index (χ1) is 8.79.